The smallest absolute Gasteiger partial charge is 0.289 e. The molecule has 6 nitrogen and oxygen atoms in total. The van der Waals surface area contributed by atoms with Crippen LogP contribution in [0.25, 0.3) is 0 Å². The third-order valence-corrected chi connectivity index (χ3v) is 5.36. The van der Waals surface area contributed by atoms with Crippen molar-refractivity contribution in [2.24, 2.45) is 5.92 Å². The van der Waals surface area contributed by atoms with E-state index in [0.29, 0.717) is 37.4 Å². The van der Waals surface area contributed by atoms with Crippen LogP contribution in [0, 0.1) is 5.92 Å². The maximum atomic E-state index is 12.3. The van der Waals surface area contributed by atoms with Gasteiger partial charge in [0.15, 0.2) is 12.3 Å². The Bertz CT molecular complexity index is 550. The Labute approximate surface area is 143 Å². The minimum absolute atomic E-state index is 0.0560. The Morgan fingerprint density at radius 1 is 1.29 bits per heavy atom. The first-order chi connectivity index (χ1) is 11.6. The van der Waals surface area contributed by atoms with Crippen molar-refractivity contribution in [2.45, 2.75) is 38.6 Å². The Kier molecular flexibility index (Phi) is 5.56. The molecule has 1 aromatic rings. The average molecular weight is 334 g/mol. The second-order valence-electron chi connectivity index (χ2n) is 7.13. The highest BCUT2D eigenvalue weighted by atomic mass is 16.3. The summed E-state index contributed by atoms with van der Waals surface area (Å²) in [6.45, 7) is 5.69. The molecule has 2 fully saturated rings. The summed E-state index contributed by atoms with van der Waals surface area (Å²) in [6.07, 6.45) is 6.34. The maximum absolute atomic E-state index is 12.3. The zero-order chi connectivity index (χ0) is 16.9. The molecule has 2 amide bonds. The van der Waals surface area contributed by atoms with Crippen molar-refractivity contribution in [3.63, 3.8) is 0 Å². The van der Waals surface area contributed by atoms with E-state index in [-0.39, 0.29) is 11.8 Å². The monoisotopic (exact) mass is 334 g/mol. The van der Waals surface area contributed by atoms with Crippen LogP contribution in [-0.4, -0.2) is 55.5 Å². The average Bonchev–Trinajstić information content (AvgIpc) is 3.11. The molecule has 0 unspecified atom stereocenters. The fourth-order valence-corrected chi connectivity index (χ4v) is 3.77. The first-order valence-electron chi connectivity index (χ1n) is 9.09. The third kappa shape index (κ3) is 4.17. The molecule has 1 saturated heterocycles. The molecule has 24 heavy (non-hydrogen) atoms. The Morgan fingerprint density at radius 3 is 2.71 bits per heavy atom. The number of furan rings is 1. The van der Waals surface area contributed by atoms with Gasteiger partial charge in [0.2, 0.25) is 0 Å². The van der Waals surface area contributed by atoms with Gasteiger partial charge in [-0.1, -0.05) is 19.8 Å². The summed E-state index contributed by atoms with van der Waals surface area (Å²) in [6, 6.07) is 3.76. The van der Waals surface area contributed by atoms with E-state index in [9.17, 15) is 9.59 Å². The Morgan fingerprint density at radius 2 is 2.04 bits per heavy atom. The van der Waals surface area contributed by atoms with Gasteiger partial charge in [-0.2, -0.15) is 0 Å². The summed E-state index contributed by atoms with van der Waals surface area (Å²) in [5, 5.41) is 3.22. The zero-order valence-corrected chi connectivity index (χ0v) is 14.4. The maximum Gasteiger partial charge on any atom is 0.289 e. The van der Waals surface area contributed by atoms with Crippen LogP contribution in [0.15, 0.2) is 22.8 Å². The minimum Gasteiger partial charge on any atom is -0.459 e. The molecule has 1 saturated carbocycles. The van der Waals surface area contributed by atoms with E-state index in [1.54, 1.807) is 12.1 Å². The van der Waals surface area contributed by atoms with Gasteiger partial charge < -0.3 is 19.5 Å². The van der Waals surface area contributed by atoms with Gasteiger partial charge in [-0.15, -0.1) is 0 Å². The van der Waals surface area contributed by atoms with E-state index in [1.807, 2.05) is 4.90 Å². The van der Waals surface area contributed by atoms with Crippen LogP contribution >= 0.6 is 0 Å². The fraction of sp³-hybridized carbons (Fsp3) is 0.667. The van der Waals surface area contributed by atoms with Gasteiger partial charge in [0, 0.05) is 6.04 Å². The predicted molar refractivity (Wildman–Crippen MR) is 89.7 cm³/mol. The van der Waals surface area contributed by atoms with E-state index in [1.165, 1.54) is 30.4 Å². The van der Waals surface area contributed by atoms with Crippen molar-refractivity contribution in [3.05, 3.63) is 24.2 Å². The summed E-state index contributed by atoms with van der Waals surface area (Å²) in [7, 11) is 0. The molecular formula is C18H28N3O3+. The lowest BCUT2D eigenvalue weighted by molar-refractivity contribution is -0.896. The molecule has 2 N–H and O–H groups in total. The molecule has 2 heterocycles. The summed E-state index contributed by atoms with van der Waals surface area (Å²) < 4.78 is 5.17. The van der Waals surface area contributed by atoms with Gasteiger partial charge in [-0.25, -0.2) is 0 Å². The molecule has 0 bridgehead atoms. The van der Waals surface area contributed by atoms with Crippen LogP contribution in [0.1, 0.15) is 43.2 Å². The van der Waals surface area contributed by atoms with Crippen LogP contribution in [0.4, 0.5) is 0 Å². The first kappa shape index (κ1) is 17.0. The minimum atomic E-state index is -0.0560. The highest BCUT2D eigenvalue weighted by molar-refractivity contribution is 5.91. The number of carbonyl (C=O) groups is 2. The largest absolute Gasteiger partial charge is 0.459 e. The summed E-state index contributed by atoms with van der Waals surface area (Å²) in [4.78, 5) is 27.6. The van der Waals surface area contributed by atoms with Crippen molar-refractivity contribution < 1.29 is 18.9 Å². The second-order valence-corrected chi connectivity index (χ2v) is 7.13. The number of nitrogens with zero attached hydrogens (tertiary/aromatic N) is 1. The number of rotatable bonds is 4. The highest BCUT2D eigenvalue weighted by Crippen LogP contribution is 2.23. The van der Waals surface area contributed by atoms with E-state index in [0.717, 1.165) is 19.5 Å². The molecule has 6 heteroatoms. The normalized spacial score (nSPS) is 25.5. The Hall–Kier alpha value is -1.82. The van der Waals surface area contributed by atoms with Crippen LogP contribution in [0.5, 0.6) is 0 Å². The molecule has 132 valence electrons. The number of piperazine rings is 1. The third-order valence-electron chi connectivity index (χ3n) is 5.36. The van der Waals surface area contributed by atoms with Crippen LogP contribution in [-0.2, 0) is 4.79 Å². The van der Waals surface area contributed by atoms with Crippen LogP contribution in [0.3, 0.4) is 0 Å². The molecule has 1 aliphatic heterocycles. The molecule has 0 radical (unpaired) electrons. The summed E-state index contributed by atoms with van der Waals surface area (Å²) >= 11 is 0. The van der Waals surface area contributed by atoms with Gasteiger partial charge in [-0.05, 0) is 30.9 Å². The lowest BCUT2D eigenvalue weighted by Gasteiger charge is -2.33. The highest BCUT2D eigenvalue weighted by Gasteiger charge is 2.28. The van der Waals surface area contributed by atoms with Gasteiger partial charge in [-0.3, -0.25) is 9.59 Å². The lowest BCUT2D eigenvalue weighted by atomic mass is 9.86. The van der Waals surface area contributed by atoms with Crippen molar-refractivity contribution >= 4 is 11.8 Å². The number of quaternary nitrogens is 1. The van der Waals surface area contributed by atoms with Gasteiger partial charge in [0.1, 0.15) is 0 Å². The molecule has 2 aliphatic rings. The number of nitrogens with one attached hydrogen (secondary N) is 2. The van der Waals surface area contributed by atoms with Gasteiger partial charge in [0.05, 0.1) is 32.4 Å². The second kappa shape index (κ2) is 7.83. The standard InChI is InChI=1S/C18H27N3O3/c1-14-5-2-3-6-15(14)19-17(22)13-20-8-10-21(11-9-20)18(23)16-7-4-12-24-16/h4,7,12,14-15H,2-3,5-6,8-11,13H2,1H3,(H,19,22)/p+1/t14-,15-/m1/s1. The van der Waals surface area contributed by atoms with Crippen molar-refractivity contribution in [3.8, 4) is 0 Å². The van der Waals surface area contributed by atoms with Crippen molar-refractivity contribution in [2.75, 3.05) is 32.7 Å². The fourth-order valence-electron chi connectivity index (χ4n) is 3.77. The predicted octanol–water partition coefficient (Wildman–Crippen LogP) is 0.315. The van der Waals surface area contributed by atoms with Crippen LogP contribution < -0.4 is 10.2 Å². The topological polar surface area (TPSA) is 67.0 Å². The quantitative estimate of drug-likeness (QED) is 0.833. The number of hydrogen-bond acceptors (Lipinski definition) is 3. The lowest BCUT2D eigenvalue weighted by Crippen LogP contribution is -3.16. The van der Waals surface area contributed by atoms with Crippen molar-refractivity contribution in [1.29, 1.82) is 0 Å². The summed E-state index contributed by atoms with van der Waals surface area (Å²) in [5.41, 5.74) is 0. The van der Waals surface area contributed by atoms with E-state index >= 15 is 0 Å². The number of amides is 2. The van der Waals surface area contributed by atoms with Crippen molar-refractivity contribution in [1.82, 2.24) is 10.2 Å². The Balaban J connectivity index is 1.42. The molecule has 0 spiro atoms. The number of carbonyl (C=O) groups excluding carboxylic acids is 2. The molecule has 1 aromatic heterocycles. The number of hydrogen-bond donors (Lipinski definition) is 2. The molecular weight excluding hydrogens is 306 g/mol. The first-order valence-corrected chi connectivity index (χ1v) is 9.09. The SMILES string of the molecule is C[C@@H]1CCCC[C@H]1NC(=O)C[NH+]1CCN(C(=O)c2ccco2)CC1. The van der Waals surface area contributed by atoms with Gasteiger partial charge >= 0.3 is 0 Å². The van der Waals surface area contributed by atoms with E-state index in [2.05, 4.69) is 12.2 Å². The van der Waals surface area contributed by atoms with E-state index in [4.69, 9.17) is 4.42 Å². The molecule has 0 aromatic carbocycles. The summed E-state index contributed by atoms with van der Waals surface area (Å²) in [5.74, 6) is 1.07. The zero-order valence-electron chi connectivity index (χ0n) is 14.4. The molecule has 3 rings (SSSR count). The van der Waals surface area contributed by atoms with E-state index < -0.39 is 0 Å². The molecule has 2 atom stereocenters. The molecule has 1 aliphatic carbocycles. The van der Waals surface area contributed by atoms with Gasteiger partial charge in [0.25, 0.3) is 11.8 Å². The van der Waals surface area contributed by atoms with Crippen LogP contribution in [0.2, 0.25) is 0 Å².